The Bertz CT molecular complexity index is 941. The van der Waals surface area contributed by atoms with Gasteiger partial charge in [0.1, 0.15) is 6.54 Å². The molecular formula is C22H24F3N3O3. The summed E-state index contributed by atoms with van der Waals surface area (Å²) in [6, 6.07) is 10.8. The number of halogens is 3. The number of carbonyl (C=O) groups is 3. The van der Waals surface area contributed by atoms with Gasteiger partial charge in [-0.05, 0) is 43.3 Å². The molecule has 0 spiro atoms. The molecule has 0 saturated carbocycles. The highest BCUT2D eigenvalue weighted by Crippen LogP contribution is 2.34. The van der Waals surface area contributed by atoms with Crippen LogP contribution in [0.15, 0.2) is 48.5 Å². The summed E-state index contributed by atoms with van der Waals surface area (Å²) in [4.78, 5) is 38.0. The first kappa shape index (κ1) is 23.9. The zero-order chi connectivity index (χ0) is 23.2. The van der Waals surface area contributed by atoms with Crippen LogP contribution in [0.25, 0.3) is 0 Å². The lowest BCUT2D eigenvalue weighted by molar-refractivity contribution is -0.137. The van der Waals surface area contributed by atoms with Gasteiger partial charge in [0.25, 0.3) is 5.91 Å². The zero-order valence-corrected chi connectivity index (χ0v) is 17.4. The minimum atomic E-state index is -4.61. The molecule has 2 N–H and O–H groups in total. The van der Waals surface area contributed by atoms with Crippen molar-refractivity contribution >= 4 is 29.1 Å². The zero-order valence-electron chi connectivity index (χ0n) is 17.4. The summed E-state index contributed by atoms with van der Waals surface area (Å²) in [6.07, 6.45) is -4.61. The van der Waals surface area contributed by atoms with Gasteiger partial charge in [0, 0.05) is 23.7 Å². The van der Waals surface area contributed by atoms with Gasteiger partial charge in [-0.2, -0.15) is 13.2 Å². The molecule has 2 aromatic carbocycles. The minimum Gasteiger partial charge on any atom is -0.330 e. The van der Waals surface area contributed by atoms with Crippen LogP contribution in [0.3, 0.4) is 0 Å². The predicted octanol–water partition coefficient (Wildman–Crippen LogP) is 4.40. The lowest BCUT2D eigenvalue weighted by Crippen LogP contribution is -2.38. The molecule has 0 aliphatic rings. The summed E-state index contributed by atoms with van der Waals surface area (Å²) >= 11 is 0. The third-order valence-electron chi connectivity index (χ3n) is 4.43. The summed E-state index contributed by atoms with van der Waals surface area (Å²) in [6.45, 7) is 4.94. The number of amides is 3. The molecule has 2 aromatic rings. The minimum absolute atomic E-state index is 0.162. The van der Waals surface area contributed by atoms with Gasteiger partial charge in [-0.1, -0.05) is 26.0 Å². The third kappa shape index (κ3) is 6.56. The van der Waals surface area contributed by atoms with Gasteiger partial charge < -0.3 is 15.5 Å². The van der Waals surface area contributed by atoms with Crippen molar-refractivity contribution in [1.82, 2.24) is 4.90 Å². The fourth-order valence-electron chi connectivity index (χ4n) is 2.69. The summed E-state index contributed by atoms with van der Waals surface area (Å²) < 4.78 is 39.3. The molecule has 3 amide bonds. The number of hydrogen-bond acceptors (Lipinski definition) is 3. The van der Waals surface area contributed by atoms with Gasteiger partial charge in [-0.25, -0.2) is 0 Å². The maximum Gasteiger partial charge on any atom is 0.418 e. The number of nitrogens with zero attached hydrogens (tertiary/aromatic N) is 1. The summed E-state index contributed by atoms with van der Waals surface area (Å²) in [5.41, 5.74) is -0.516. The normalized spacial score (nSPS) is 11.2. The van der Waals surface area contributed by atoms with Crippen molar-refractivity contribution in [3.63, 3.8) is 0 Å². The highest BCUT2D eigenvalue weighted by molar-refractivity contribution is 6.00. The van der Waals surface area contributed by atoms with E-state index in [1.165, 1.54) is 29.2 Å². The van der Waals surface area contributed by atoms with Gasteiger partial charge in [0.05, 0.1) is 11.3 Å². The van der Waals surface area contributed by atoms with E-state index in [-0.39, 0.29) is 29.6 Å². The highest BCUT2D eigenvalue weighted by Gasteiger charge is 2.33. The molecule has 0 radical (unpaired) electrons. The number of benzene rings is 2. The highest BCUT2D eigenvalue weighted by atomic mass is 19.4. The van der Waals surface area contributed by atoms with E-state index < -0.39 is 30.1 Å². The summed E-state index contributed by atoms with van der Waals surface area (Å²) in [5.74, 6) is -1.56. The van der Waals surface area contributed by atoms with Crippen LogP contribution in [0.4, 0.5) is 24.5 Å². The lowest BCUT2D eigenvalue weighted by atomic mass is 10.1. The smallest absolute Gasteiger partial charge is 0.330 e. The standard InChI is InChI=1S/C22H24F3N3O3/c1-4-28(13-19(29)27-18-8-6-5-7-17(18)22(23,24)25)21(31)15-9-11-16(12-10-15)26-20(30)14(2)3/h5-12,14H,4,13H2,1-3H3,(H,26,30)(H,27,29). The number of anilines is 2. The van der Waals surface area contributed by atoms with Crippen molar-refractivity contribution in [3.8, 4) is 0 Å². The van der Waals surface area contributed by atoms with Crippen LogP contribution in [0.5, 0.6) is 0 Å². The number of hydrogen-bond donors (Lipinski definition) is 2. The summed E-state index contributed by atoms with van der Waals surface area (Å²) in [7, 11) is 0. The Hall–Kier alpha value is -3.36. The van der Waals surface area contributed by atoms with Crippen LogP contribution >= 0.6 is 0 Å². The second-order valence-electron chi connectivity index (χ2n) is 7.13. The van der Waals surface area contributed by atoms with E-state index in [0.717, 1.165) is 12.1 Å². The first-order valence-electron chi connectivity index (χ1n) is 9.69. The Kier molecular flexibility index (Phi) is 7.79. The molecule has 9 heteroatoms. The molecule has 0 aliphatic carbocycles. The SMILES string of the molecule is CCN(CC(=O)Nc1ccccc1C(F)(F)F)C(=O)c1ccc(NC(=O)C(C)C)cc1. The van der Waals surface area contributed by atoms with Crippen LogP contribution in [0.2, 0.25) is 0 Å². The van der Waals surface area contributed by atoms with Gasteiger partial charge in [-0.15, -0.1) is 0 Å². The fourth-order valence-corrected chi connectivity index (χ4v) is 2.69. The lowest BCUT2D eigenvalue weighted by Gasteiger charge is -2.21. The second-order valence-corrected chi connectivity index (χ2v) is 7.13. The molecule has 0 bridgehead atoms. The second kappa shape index (κ2) is 10.1. The van der Waals surface area contributed by atoms with Crippen LogP contribution in [0, 0.1) is 5.92 Å². The molecule has 31 heavy (non-hydrogen) atoms. The quantitative estimate of drug-likeness (QED) is 0.677. The first-order chi connectivity index (χ1) is 14.5. The average Bonchev–Trinajstić information content (AvgIpc) is 2.71. The molecule has 0 atom stereocenters. The van der Waals surface area contributed by atoms with Crippen LogP contribution in [-0.4, -0.2) is 35.7 Å². The summed E-state index contributed by atoms with van der Waals surface area (Å²) in [5, 5.41) is 4.94. The number of nitrogens with one attached hydrogen (secondary N) is 2. The van der Waals surface area contributed by atoms with Crippen LogP contribution in [-0.2, 0) is 15.8 Å². The van der Waals surface area contributed by atoms with Crippen molar-refractivity contribution < 1.29 is 27.6 Å². The third-order valence-corrected chi connectivity index (χ3v) is 4.43. The van der Waals surface area contributed by atoms with Crippen molar-refractivity contribution in [2.75, 3.05) is 23.7 Å². The Labute approximate surface area is 178 Å². The maximum absolute atomic E-state index is 13.1. The van der Waals surface area contributed by atoms with E-state index in [9.17, 15) is 27.6 Å². The molecule has 166 valence electrons. The molecule has 2 rings (SSSR count). The number of likely N-dealkylation sites (N-methyl/N-ethyl adjacent to an activating group) is 1. The van der Waals surface area contributed by atoms with Crippen molar-refractivity contribution in [2.45, 2.75) is 26.9 Å². The number of carbonyl (C=O) groups excluding carboxylic acids is 3. The van der Waals surface area contributed by atoms with Crippen LogP contribution < -0.4 is 10.6 Å². The monoisotopic (exact) mass is 435 g/mol. The molecule has 0 heterocycles. The van der Waals surface area contributed by atoms with Gasteiger partial charge in [-0.3, -0.25) is 14.4 Å². The molecule has 0 aliphatic heterocycles. The largest absolute Gasteiger partial charge is 0.418 e. The Balaban J connectivity index is 2.07. The molecule has 6 nitrogen and oxygen atoms in total. The van der Waals surface area contributed by atoms with E-state index in [1.807, 2.05) is 0 Å². The van der Waals surface area contributed by atoms with Crippen molar-refractivity contribution in [2.24, 2.45) is 5.92 Å². The van der Waals surface area contributed by atoms with Crippen LogP contribution in [0.1, 0.15) is 36.7 Å². The van der Waals surface area contributed by atoms with E-state index >= 15 is 0 Å². The van der Waals surface area contributed by atoms with E-state index in [0.29, 0.717) is 5.69 Å². The van der Waals surface area contributed by atoms with Crippen molar-refractivity contribution in [3.05, 3.63) is 59.7 Å². The predicted molar refractivity (Wildman–Crippen MR) is 112 cm³/mol. The van der Waals surface area contributed by atoms with Gasteiger partial charge in [0.15, 0.2) is 0 Å². The Morgan fingerprint density at radius 1 is 0.968 bits per heavy atom. The molecular weight excluding hydrogens is 411 g/mol. The molecule has 0 aromatic heterocycles. The first-order valence-corrected chi connectivity index (χ1v) is 9.69. The molecule has 0 fully saturated rings. The Morgan fingerprint density at radius 3 is 2.13 bits per heavy atom. The van der Waals surface area contributed by atoms with Crippen molar-refractivity contribution in [1.29, 1.82) is 0 Å². The molecule has 0 unspecified atom stereocenters. The topological polar surface area (TPSA) is 78.5 Å². The van der Waals surface area contributed by atoms with Gasteiger partial charge >= 0.3 is 6.18 Å². The van der Waals surface area contributed by atoms with E-state index in [1.54, 1.807) is 32.9 Å². The molecule has 0 saturated heterocycles. The fraction of sp³-hybridized carbons (Fsp3) is 0.318. The number of para-hydroxylation sites is 1. The van der Waals surface area contributed by atoms with E-state index in [2.05, 4.69) is 10.6 Å². The average molecular weight is 435 g/mol. The maximum atomic E-state index is 13.1. The Morgan fingerprint density at radius 2 is 1.58 bits per heavy atom. The number of rotatable bonds is 7. The van der Waals surface area contributed by atoms with E-state index in [4.69, 9.17) is 0 Å². The number of alkyl halides is 3. The van der Waals surface area contributed by atoms with Gasteiger partial charge in [0.2, 0.25) is 11.8 Å².